The number of hydrogen-bond acceptors (Lipinski definition) is 3. The van der Waals surface area contributed by atoms with E-state index >= 15 is 0 Å². The first-order valence-corrected chi connectivity index (χ1v) is 6.27. The van der Waals surface area contributed by atoms with E-state index in [1.807, 2.05) is 11.8 Å². The van der Waals surface area contributed by atoms with Crippen molar-refractivity contribution in [2.24, 2.45) is 5.92 Å². The number of ether oxygens (including phenoxy) is 1. The van der Waals surface area contributed by atoms with Crippen LogP contribution in [0.2, 0.25) is 0 Å². The highest BCUT2D eigenvalue weighted by Gasteiger charge is 2.59. The second kappa shape index (κ2) is 4.34. The number of rotatable bonds is 5. The van der Waals surface area contributed by atoms with E-state index < -0.39 is 0 Å². The van der Waals surface area contributed by atoms with Crippen molar-refractivity contribution in [1.29, 1.82) is 0 Å². The van der Waals surface area contributed by atoms with E-state index in [-0.39, 0.29) is 17.6 Å². The van der Waals surface area contributed by atoms with E-state index in [4.69, 9.17) is 4.74 Å². The maximum atomic E-state index is 12.2. The number of hydrogen-bond donors (Lipinski definition) is 1. The number of carbonyl (C=O) groups is 1. The topological polar surface area (TPSA) is 41.6 Å². The molecule has 1 aliphatic heterocycles. The van der Waals surface area contributed by atoms with Gasteiger partial charge in [0.1, 0.15) is 0 Å². The number of nitrogens with zero attached hydrogens (tertiary/aromatic N) is 1. The molecule has 0 radical (unpaired) electrons. The highest BCUT2D eigenvalue weighted by molar-refractivity contribution is 5.91. The summed E-state index contributed by atoms with van der Waals surface area (Å²) in [5.41, 5.74) is -0.193. The molecule has 1 amide bonds. The largest absolute Gasteiger partial charge is 0.380 e. The van der Waals surface area contributed by atoms with Gasteiger partial charge in [0.25, 0.3) is 0 Å². The summed E-state index contributed by atoms with van der Waals surface area (Å²) in [5, 5.41) is 3.49. The lowest BCUT2D eigenvalue weighted by atomic mass is 10.1. The molecule has 1 aliphatic carbocycles. The van der Waals surface area contributed by atoms with Crippen LogP contribution in [0, 0.1) is 5.92 Å². The molecule has 92 valence electrons. The van der Waals surface area contributed by atoms with Gasteiger partial charge in [-0.25, -0.2) is 0 Å². The molecule has 1 saturated carbocycles. The van der Waals surface area contributed by atoms with Crippen molar-refractivity contribution in [3.05, 3.63) is 0 Å². The van der Waals surface area contributed by atoms with Crippen LogP contribution >= 0.6 is 0 Å². The fourth-order valence-corrected chi connectivity index (χ4v) is 2.38. The minimum atomic E-state index is -0.193. The van der Waals surface area contributed by atoms with Gasteiger partial charge in [-0.2, -0.15) is 0 Å². The summed E-state index contributed by atoms with van der Waals surface area (Å²) >= 11 is 0. The smallest absolute Gasteiger partial charge is 0.244 e. The number of amides is 1. The lowest BCUT2D eigenvalue weighted by Gasteiger charge is -2.26. The van der Waals surface area contributed by atoms with E-state index in [9.17, 15) is 4.79 Å². The molecular weight excluding hydrogens is 204 g/mol. The predicted octanol–water partition coefficient (Wildman–Crippen LogP) is 0.969. The Morgan fingerprint density at radius 1 is 1.56 bits per heavy atom. The Bertz CT molecular complexity index is 274. The van der Waals surface area contributed by atoms with Gasteiger partial charge in [-0.05, 0) is 25.7 Å². The Kier molecular flexibility index (Phi) is 3.22. The molecule has 2 fully saturated rings. The van der Waals surface area contributed by atoms with Crippen molar-refractivity contribution in [1.82, 2.24) is 10.2 Å². The predicted molar refractivity (Wildman–Crippen MR) is 61.9 cm³/mol. The van der Waals surface area contributed by atoms with Crippen LogP contribution in [-0.2, 0) is 9.53 Å². The molecule has 4 nitrogen and oxygen atoms in total. The minimum absolute atomic E-state index is 0.190. The Morgan fingerprint density at radius 2 is 2.25 bits per heavy atom. The first-order chi connectivity index (χ1) is 7.60. The van der Waals surface area contributed by atoms with Gasteiger partial charge in [0.15, 0.2) is 0 Å². The van der Waals surface area contributed by atoms with Gasteiger partial charge >= 0.3 is 0 Å². The van der Waals surface area contributed by atoms with E-state index in [0.717, 1.165) is 12.8 Å². The van der Waals surface area contributed by atoms with E-state index in [1.54, 1.807) is 0 Å². The average molecular weight is 226 g/mol. The lowest BCUT2D eigenvalue weighted by molar-refractivity contribution is -0.132. The lowest BCUT2D eigenvalue weighted by Crippen LogP contribution is -2.43. The molecule has 0 bridgehead atoms. The molecule has 1 saturated heterocycles. The van der Waals surface area contributed by atoms with Gasteiger partial charge in [0.2, 0.25) is 5.91 Å². The van der Waals surface area contributed by atoms with Gasteiger partial charge in [-0.3, -0.25) is 10.1 Å². The second-order valence-corrected chi connectivity index (χ2v) is 5.11. The molecule has 0 aromatic rings. The molecular formula is C12H22N2O2. The molecule has 0 aromatic heterocycles. The third-order valence-corrected chi connectivity index (χ3v) is 3.49. The Hall–Kier alpha value is -0.610. The molecule has 1 atom stereocenters. The van der Waals surface area contributed by atoms with Crippen LogP contribution in [-0.4, -0.2) is 42.3 Å². The van der Waals surface area contributed by atoms with Crippen molar-refractivity contribution in [2.45, 2.75) is 45.3 Å². The molecule has 1 N–H and O–H groups in total. The average Bonchev–Trinajstić information content (AvgIpc) is 2.96. The van der Waals surface area contributed by atoms with Crippen LogP contribution in [0.4, 0.5) is 0 Å². The summed E-state index contributed by atoms with van der Waals surface area (Å²) in [7, 11) is 0. The maximum Gasteiger partial charge on any atom is 0.244 e. The summed E-state index contributed by atoms with van der Waals surface area (Å²) in [6, 6.07) is 0. The third-order valence-electron chi connectivity index (χ3n) is 3.49. The first-order valence-electron chi connectivity index (χ1n) is 6.27. The van der Waals surface area contributed by atoms with E-state index in [0.29, 0.717) is 25.7 Å². The van der Waals surface area contributed by atoms with Crippen LogP contribution in [0.3, 0.4) is 0 Å². The molecule has 4 heteroatoms. The van der Waals surface area contributed by atoms with Crippen LogP contribution in [0.15, 0.2) is 0 Å². The fraction of sp³-hybridized carbons (Fsp3) is 0.917. The van der Waals surface area contributed by atoms with Crippen LogP contribution in [0.25, 0.3) is 0 Å². The molecule has 2 rings (SSSR count). The molecule has 16 heavy (non-hydrogen) atoms. The van der Waals surface area contributed by atoms with Crippen LogP contribution < -0.4 is 5.32 Å². The SMILES string of the molecule is CCOCCN1C(=O)C2(CC2)NC1C(C)C. The van der Waals surface area contributed by atoms with Crippen molar-refractivity contribution < 1.29 is 9.53 Å². The van der Waals surface area contributed by atoms with Crippen molar-refractivity contribution >= 4 is 5.91 Å². The van der Waals surface area contributed by atoms with Gasteiger partial charge in [0, 0.05) is 13.2 Å². The number of carbonyl (C=O) groups excluding carboxylic acids is 1. The molecule has 1 spiro atoms. The first kappa shape index (κ1) is 11.9. The van der Waals surface area contributed by atoms with Crippen molar-refractivity contribution in [2.75, 3.05) is 19.8 Å². The van der Waals surface area contributed by atoms with Gasteiger partial charge in [-0.15, -0.1) is 0 Å². The van der Waals surface area contributed by atoms with E-state index in [1.165, 1.54) is 0 Å². The summed E-state index contributed by atoms with van der Waals surface area (Å²) in [5.74, 6) is 0.733. The van der Waals surface area contributed by atoms with Crippen molar-refractivity contribution in [3.8, 4) is 0 Å². The maximum absolute atomic E-state index is 12.2. The monoisotopic (exact) mass is 226 g/mol. The van der Waals surface area contributed by atoms with Crippen LogP contribution in [0.5, 0.6) is 0 Å². The quantitative estimate of drug-likeness (QED) is 0.710. The van der Waals surface area contributed by atoms with Gasteiger partial charge in [-0.1, -0.05) is 13.8 Å². The number of nitrogens with one attached hydrogen (secondary N) is 1. The normalized spacial score (nSPS) is 27.1. The van der Waals surface area contributed by atoms with Crippen LogP contribution in [0.1, 0.15) is 33.6 Å². The fourth-order valence-electron chi connectivity index (χ4n) is 2.38. The summed E-state index contributed by atoms with van der Waals surface area (Å²) in [6.45, 7) is 8.35. The zero-order valence-corrected chi connectivity index (χ0v) is 10.5. The highest BCUT2D eigenvalue weighted by Crippen LogP contribution is 2.43. The summed E-state index contributed by atoms with van der Waals surface area (Å²) in [4.78, 5) is 14.2. The van der Waals surface area contributed by atoms with E-state index in [2.05, 4.69) is 19.2 Å². The molecule has 1 unspecified atom stereocenters. The second-order valence-electron chi connectivity index (χ2n) is 5.11. The van der Waals surface area contributed by atoms with Gasteiger partial charge in [0.05, 0.1) is 18.3 Å². The molecule has 2 aliphatic rings. The van der Waals surface area contributed by atoms with Crippen molar-refractivity contribution in [3.63, 3.8) is 0 Å². The molecule has 0 aromatic carbocycles. The minimum Gasteiger partial charge on any atom is -0.380 e. The zero-order valence-electron chi connectivity index (χ0n) is 10.5. The Morgan fingerprint density at radius 3 is 2.75 bits per heavy atom. The third kappa shape index (κ3) is 1.96. The summed E-state index contributed by atoms with van der Waals surface area (Å²) < 4.78 is 5.34. The Balaban J connectivity index is 1.98. The standard InChI is InChI=1S/C12H22N2O2/c1-4-16-8-7-14-10(9(2)3)13-12(5-6-12)11(14)15/h9-10,13H,4-8H2,1-3H3. The summed E-state index contributed by atoms with van der Waals surface area (Å²) in [6.07, 6.45) is 2.19. The molecule has 1 heterocycles. The Labute approximate surface area is 97.3 Å². The zero-order chi connectivity index (χ0) is 11.8. The highest BCUT2D eigenvalue weighted by atomic mass is 16.5. The van der Waals surface area contributed by atoms with Gasteiger partial charge < -0.3 is 9.64 Å².